The maximum absolute atomic E-state index is 13.2. The normalized spacial score (nSPS) is 16.7. The lowest BCUT2D eigenvalue weighted by molar-refractivity contribution is -0.385. The van der Waals surface area contributed by atoms with E-state index in [2.05, 4.69) is 15.5 Å². The van der Waals surface area contributed by atoms with Gasteiger partial charge >= 0.3 is 0 Å². The Hall–Kier alpha value is -3.78. The van der Waals surface area contributed by atoms with Crippen molar-refractivity contribution in [1.82, 2.24) is 15.5 Å². The summed E-state index contributed by atoms with van der Waals surface area (Å²) in [6.45, 7) is 5.83. The van der Waals surface area contributed by atoms with Crippen molar-refractivity contribution < 1.29 is 14.5 Å². The first-order valence-corrected chi connectivity index (χ1v) is 12.3. The van der Waals surface area contributed by atoms with Crippen LogP contribution < -0.4 is 10.6 Å². The summed E-state index contributed by atoms with van der Waals surface area (Å²) in [6.07, 6.45) is 1.27. The molecular formula is C28H32N4O4. The first-order valence-electron chi connectivity index (χ1n) is 12.3. The van der Waals surface area contributed by atoms with E-state index in [4.69, 9.17) is 0 Å². The highest BCUT2D eigenvalue weighted by Crippen LogP contribution is 2.22. The van der Waals surface area contributed by atoms with Gasteiger partial charge in [0.25, 0.3) is 11.6 Å². The van der Waals surface area contributed by atoms with Gasteiger partial charge in [-0.3, -0.25) is 24.6 Å². The molecule has 1 heterocycles. The second kappa shape index (κ2) is 11.3. The lowest BCUT2D eigenvalue weighted by Gasteiger charge is -2.23. The van der Waals surface area contributed by atoms with Gasteiger partial charge in [-0.05, 0) is 41.7 Å². The third-order valence-corrected chi connectivity index (χ3v) is 6.54. The van der Waals surface area contributed by atoms with Crippen LogP contribution in [0.15, 0.2) is 66.7 Å². The molecule has 4 rings (SSSR count). The molecule has 0 aromatic heterocycles. The molecule has 3 aromatic carbocycles. The zero-order valence-corrected chi connectivity index (χ0v) is 20.6. The van der Waals surface area contributed by atoms with E-state index in [0.717, 1.165) is 23.7 Å². The Kier molecular flexibility index (Phi) is 7.95. The van der Waals surface area contributed by atoms with Gasteiger partial charge in [0.2, 0.25) is 5.91 Å². The number of para-hydroxylation sites is 1. The molecule has 188 valence electrons. The van der Waals surface area contributed by atoms with Crippen LogP contribution >= 0.6 is 0 Å². The summed E-state index contributed by atoms with van der Waals surface area (Å²) >= 11 is 0. The fourth-order valence-corrected chi connectivity index (χ4v) is 4.73. The number of nitrogens with one attached hydrogen (secondary N) is 2. The van der Waals surface area contributed by atoms with Crippen LogP contribution in [0.2, 0.25) is 0 Å². The Morgan fingerprint density at radius 2 is 1.78 bits per heavy atom. The molecule has 1 aliphatic heterocycles. The minimum Gasteiger partial charge on any atom is -0.350 e. The molecule has 0 bridgehead atoms. The van der Waals surface area contributed by atoms with Crippen LogP contribution in [0, 0.1) is 16.0 Å². The van der Waals surface area contributed by atoms with Crippen molar-refractivity contribution in [2.24, 2.45) is 5.92 Å². The third kappa shape index (κ3) is 6.26. The Balaban J connectivity index is 1.38. The molecule has 0 saturated carbocycles. The predicted molar refractivity (Wildman–Crippen MR) is 140 cm³/mol. The number of carbonyl (C=O) groups is 2. The molecule has 0 aliphatic carbocycles. The maximum Gasteiger partial charge on any atom is 0.273 e. The number of amides is 2. The second-order valence-electron chi connectivity index (χ2n) is 9.83. The molecule has 3 aromatic rings. The molecule has 0 unspecified atom stereocenters. The quantitative estimate of drug-likeness (QED) is 0.346. The van der Waals surface area contributed by atoms with Crippen molar-refractivity contribution in [2.45, 2.75) is 45.3 Å². The topological polar surface area (TPSA) is 105 Å². The van der Waals surface area contributed by atoms with E-state index in [9.17, 15) is 19.7 Å². The monoisotopic (exact) mass is 488 g/mol. The Morgan fingerprint density at radius 1 is 1.06 bits per heavy atom. The van der Waals surface area contributed by atoms with Crippen LogP contribution in [0.25, 0.3) is 10.8 Å². The molecule has 2 amide bonds. The molecule has 8 nitrogen and oxygen atoms in total. The van der Waals surface area contributed by atoms with Crippen LogP contribution in [-0.2, 0) is 11.3 Å². The fraction of sp³-hybridized carbons (Fsp3) is 0.357. The van der Waals surface area contributed by atoms with Gasteiger partial charge in [-0.1, -0.05) is 62.4 Å². The van der Waals surface area contributed by atoms with Gasteiger partial charge in [0.05, 0.1) is 4.92 Å². The van der Waals surface area contributed by atoms with E-state index in [1.165, 1.54) is 6.07 Å². The SMILES string of the molecule is CC(C)C[C@H](NC(=O)c1ccc2ccccc2c1)C(=O)N[C@H]1CCN(Cc2ccccc2[N+](=O)[O-])C1. The molecule has 36 heavy (non-hydrogen) atoms. The van der Waals surface area contributed by atoms with Gasteiger partial charge in [0.1, 0.15) is 6.04 Å². The van der Waals surface area contributed by atoms with Crippen molar-refractivity contribution in [2.75, 3.05) is 13.1 Å². The van der Waals surface area contributed by atoms with E-state index in [0.29, 0.717) is 30.6 Å². The fourth-order valence-electron chi connectivity index (χ4n) is 4.73. The summed E-state index contributed by atoms with van der Waals surface area (Å²) in [5.41, 5.74) is 1.29. The number of fused-ring (bicyclic) bond motifs is 1. The Morgan fingerprint density at radius 3 is 2.53 bits per heavy atom. The minimum atomic E-state index is -0.645. The average molecular weight is 489 g/mol. The van der Waals surface area contributed by atoms with Crippen LogP contribution in [0.3, 0.4) is 0 Å². The van der Waals surface area contributed by atoms with Gasteiger partial charge in [0, 0.05) is 42.9 Å². The number of nitrogens with zero attached hydrogens (tertiary/aromatic N) is 2. The number of benzene rings is 3. The van der Waals surface area contributed by atoms with Crippen molar-refractivity contribution in [1.29, 1.82) is 0 Å². The average Bonchev–Trinajstić information content (AvgIpc) is 3.29. The Labute approximate surface area is 210 Å². The van der Waals surface area contributed by atoms with Gasteiger partial charge in [-0.2, -0.15) is 0 Å². The number of carbonyl (C=O) groups excluding carboxylic acids is 2. The highest BCUT2D eigenvalue weighted by molar-refractivity contribution is 6.00. The van der Waals surface area contributed by atoms with Gasteiger partial charge < -0.3 is 10.6 Å². The first-order chi connectivity index (χ1) is 17.3. The summed E-state index contributed by atoms with van der Waals surface area (Å²) in [6, 6.07) is 19.4. The predicted octanol–water partition coefficient (Wildman–Crippen LogP) is 4.28. The number of nitro benzene ring substituents is 1. The van der Waals surface area contributed by atoms with Crippen molar-refractivity contribution >= 4 is 28.3 Å². The highest BCUT2D eigenvalue weighted by atomic mass is 16.6. The smallest absolute Gasteiger partial charge is 0.273 e. The number of nitro groups is 1. The minimum absolute atomic E-state index is 0.0764. The van der Waals surface area contributed by atoms with E-state index in [-0.39, 0.29) is 34.4 Å². The van der Waals surface area contributed by atoms with Crippen LogP contribution in [-0.4, -0.2) is 46.8 Å². The van der Waals surface area contributed by atoms with Crippen LogP contribution in [0.1, 0.15) is 42.6 Å². The standard InChI is InChI=1S/C28H32N4O4/c1-19(2)15-25(30-27(33)22-12-11-20-7-3-4-8-21(20)16-22)28(34)29-24-13-14-31(18-24)17-23-9-5-6-10-26(23)32(35)36/h3-12,16,19,24-25H,13-15,17-18H2,1-2H3,(H,29,34)(H,30,33)/t24-,25-/m0/s1. The molecule has 0 radical (unpaired) electrons. The summed E-state index contributed by atoms with van der Waals surface area (Å²) in [7, 11) is 0. The Bertz CT molecular complexity index is 1260. The van der Waals surface area contributed by atoms with E-state index >= 15 is 0 Å². The molecular weight excluding hydrogens is 456 g/mol. The maximum atomic E-state index is 13.2. The van der Waals surface area contributed by atoms with Crippen LogP contribution in [0.4, 0.5) is 5.69 Å². The first kappa shape index (κ1) is 25.3. The lowest BCUT2D eigenvalue weighted by Crippen LogP contribution is -2.50. The third-order valence-electron chi connectivity index (χ3n) is 6.54. The second-order valence-corrected chi connectivity index (χ2v) is 9.83. The van der Waals surface area contributed by atoms with Gasteiger partial charge in [-0.15, -0.1) is 0 Å². The summed E-state index contributed by atoms with van der Waals surface area (Å²) in [5, 5.41) is 19.4. The van der Waals surface area contributed by atoms with E-state index in [1.54, 1.807) is 24.3 Å². The van der Waals surface area contributed by atoms with Gasteiger partial charge in [0.15, 0.2) is 0 Å². The van der Waals surface area contributed by atoms with Crippen molar-refractivity contribution in [3.8, 4) is 0 Å². The van der Waals surface area contributed by atoms with Crippen molar-refractivity contribution in [3.63, 3.8) is 0 Å². The number of hydrogen-bond donors (Lipinski definition) is 2. The van der Waals surface area contributed by atoms with Gasteiger partial charge in [-0.25, -0.2) is 0 Å². The van der Waals surface area contributed by atoms with E-state index < -0.39 is 6.04 Å². The largest absolute Gasteiger partial charge is 0.350 e. The highest BCUT2D eigenvalue weighted by Gasteiger charge is 2.29. The number of likely N-dealkylation sites (tertiary alicyclic amines) is 1. The molecule has 1 aliphatic rings. The molecule has 2 atom stereocenters. The molecule has 8 heteroatoms. The molecule has 0 spiro atoms. The summed E-state index contributed by atoms with van der Waals surface area (Å²) in [5.74, 6) is -0.252. The number of rotatable bonds is 9. The molecule has 2 N–H and O–H groups in total. The lowest BCUT2D eigenvalue weighted by atomic mass is 10.0. The number of hydrogen-bond acceptors (Lipinski definition) is 5. The van der Waals surface area contributed by atoms with Crippen molar-refractivity contribution in [3.05, 3.63) is 88.0 Å². The molecule has 1 fully saturated rings. The van der Waals surface area contributed by atoms with Crippen LogP contribution in [0.5, 0.6) is 0 Å². The summed E-state index contributed by atoms with van der Waals surface area (Å²) < 4.78 is 0. The molecule has 1 saturated heterocycles. The zero-order valence-electron chi connectivity index (χ0n) is 20.6. The van der Waals surface area contributed by atoms with E-state index in [1.807, 2.05) is 50.2 Å². The zero-order chi connectivity index (χ0) is 25.7. The summed E-state index contributed by atoms with van der Waals surface area (Å²) in [4.78, 5) is 39.3.